The summed E-state index contributed by atoms with van der Waals surface area (Å²) < 4.78 is 12.9. The van der Waals surface area contributed by atoms with E-state index >= 15 is 0 Å². The Morgan fingerprint density at radius 1 is 1.13 bits per heavy atom. The zero-order valence-corrected chi connectivity index (χ0v) is 13.3. The van der Waals surface area contributed by atoms with Crippen LogP contribution in [0.25, 0.3) is 0 Å². The molecule has 23 heavy (non-hydrogen) atoms. The van der Waals surface area contributed by atoms with Gasteiger partial charge >= 0.3 is 5.97 Å². The molecule has 3 N–H and O–H groups in total. The third-order valence-electron chi connectivity index (χ3n) is 3.28. The Labute approximate surface area is 134 Å². The van der Waals surface area contributed by atoms with Crippen LogP contribution in [0.2, 0.25) is 0 Å². The fourth-order valence-corrected chi connectivity index (χ4v) is 2.07. The standard InChI is InChI=1S/C16H21FN2O4/c1-9(2)14(18-10(3)20)15(21)19-13(16(22)23)8-11-4-6-12(17)7-5-11/h4-7,9,13-14H,8H2,1-3H3,(H,18,20)(H,19,21)(H,22,23)/t13-,14-/m1/s1. The first-order valence-electron chi connectivity index (χ1n) is 7.25. The molecule has 6 nitrogen and oxygen atoms in total. The molecule has 0 aromatic heterocycles. The maximum Gasteiger partial charge on any atom is 0.326 e. The fourth-order valence-electron chi connectivity index (χ4n) is 2.07. The topological polar surface area (TPSA) is 95.5 Å². The van der Waals surface area contributed by atoms with Crippen LogP contribution in [-0.4, -0.2) is 35.0 Å². The number of carbonyl (C=O) groups is 3. The molecule has 1 rings (SSSR count). The van der Waals surface area contributed by atoms with Gasteiger partial charge in [-0.25, -0.2) is 9.18 Å². The van der Waals surface area contributed by atoms with E-state index in [4.69, 9.17) is 0 Å². The van der Waals surface area contributed by atoms with Gasteiger partial charge in [-0.1, -0.05) is 26.0 Å². The number of benzene rings is 1. The maximum absolute atomic E-state index is 12.9. The molecule has 2 atom stereocenters. The lowest BCUT2D eigenvalue weighted by atomic mass is 10.0. The SMILES string of the molecule is CC(=O)N[C@@H](C(=O)N[C@H](Cc1ccc(F)cc1)C(=O)O)C(C)C. The summed E-state index contributed by atoms with van der Waals surface area (Å²) in [4.78, 5) is 34.7. The van der Waals surface area contributed by atoms with Crippen molar-refractivity contribution < 1.29 is 23.9 Å². The molecule has 0 unspecified atom stereocenters. The lowest BCUT2D eigenvalue weighted by Crippen LogP contribution is -2.53. The van der Waals surface area contributed by atoms with Crippen LogP contribution < -0.4 is 10.6 Å². The van der Waals surface area contributed by atoms with Gasteiger partial charge in [0.15, 0.2) is 0 Å². The minimum atomic E-state index is -1.20. The second kappa shape index (κ2) is 8.26. The molecule has 0 heterocycles. The Morgan fingerprint density at radius 2 is 1.70 bits per heavy atom. The van der Waals surface area contributed by atoms with Crippen LogP contribution in [0.4, 0.5) is 4.39 Å². The molecule has 0 radical (unpaired) electrons. The van der Waals surface area contributed by atoms with Crippen LogP contribution in [-0.2, 0) is 20.8 Å². The lowest BCUT2D eigenvalue weighted by Gasteiger charge is -2.23. The number of amides is 2. The maximum atomic E-state index is 12.9. The van der Waals surface area contributed by atoms with E-state index in [-0.39, 0.29) is 18.2 Å². The highest BCUT2D eigenvalue weighted by atomic mass is 19.1. The third-order valence-corrected chi connectivity index (χ3v) is 3.28. The molecule has 0 saturated heterocycles. The van der Waals surface area contributed by atoms with Gasteiger partial charge < -0.3 is 15.7 Å². The van der Waals surface area contributed by atoms with Crippen LogP contribution in [0.15, 0.2) is 24.3 Å². The minimum Gasteiger partial charge on any atom is -0.480 e. The number of hydrogen-bond acceptors (Lipinski definition) is 3. The van der Waals surface area contributed by atoms with Gasteiger partial charge in [0.2, 0.25) is 11.8 Å². The van der Waals surface area contributed by atoms with Crippen molar-refractivity contribution in [1.29, 1.82) is 0 Å². The summed E-state index contributed by atoms with van der Waals surface area (Å²) in [7, 11) is 0. The van der Waals surface area contributed by atoms with Gasteiger partial charge in [0, 0.05) is 13.3 Å². The van der Waals surface area contributed by atoms with Crippen LogP contribution in [0.5, 0.6) is 0 Å². The van der Waals surface area contributed by atoms with E-state index < -0.39 is 29.8 Å². The van der Waals surface area contributed by atoms with E-state index in [0.29, 0.717) is 5.56 Å². The number of carboxylic acids is 1. The molecule has 0 aliphatic rings. The second-order valence-electron chi connectivity index (χ2n) is 5.65. The molecule has 0 aliphatic heterocycles. The van der Waals surface area contributed by atoms with Crippen molar-refractivity contribution in [2.24, 2.45) is 5.92 Å². The summed E-state index contributed by atoms with van der Waals surface area (Å²) in [6, 6.07) is 3.40. The number of halogens is 1. The van der Waals surface area contributed by atoms with E-state index in [2.05, 4.69) is 10.6 Å². The minimum absolute atomic E-state index is 0.0201. The highest BCUT2D eigenvalue weighted by Crippen LogP contribution is 2.08. The Balaban J connectivity index is 2.81. The largest absolute Gasteiger partial charge is 0.480 e. The zero-order valence-electron chi connectivity index (χ0n) is 13.3. The normalized spacial score (nSPS) is 13.3. The van der Waals surface area contributed by atoms with Gasteiger partial charge in [-0.15, -0.1) is 0 Å². The predicted molar refractivity (Wildman–Crippen MR) is 82.1 cm³/mol. The quantitative estimate of drug-likeness (QED) is 0.700. The highest BCUT2D eigenvalue weighted by Gasteiger charge is 2.28. The van der Waals surface area contributed by atoms with Crippen LogP contribution in [0.3, 0.4) is 0 Å². The molecule has 0 saturated carbocycles. The number of carboxylic acid groups (broad SMARTS) is 1. The number of hydrogen-bond donors (Lipinski definition) is 3. The average molecular weight is 324 g/mol. The molecule has 0 fully saturated rings. The van der Waals surface area contributed by atoms with Crippen LogP contribution in [0, 0.1) is 11.7 Å². The summed E-state index contributed by atoms with van der Waals surface area (Å²) in [5.41, 5.74) is 0.583. The Hall–Kier alpha value is -2.44. The molecule has 7 heteroatoms. The summed E-state index contributed by atoms with van der Waals surface area (Å²) in [5, 5.41) is 14.2. The number of nitrogens with one attached hydrogen (secondary N) is 2. The van der Waals surface area contributed by atoms with Gasteiger partial charge in [-0.3, -0.25) is 9.59 Å². The number of carbonyl (C=O) groups excluding carboxylic acids is 2. The smallest absolute Gasteiger partial charge is 0.326 e. The van der Waals surface area contributed by atoms with Crippen molar-refractivity contribution in [3.8, 4) is 0 Å². The average Bonchev–Trinajstić information content (AvgIpc) is 2.45. The van der Waals surface area contributed by atoms with Crippen molar-refractivity contribution in [3.05, 3.63) is 35.6 Å². The third kappa shape index (κ3) is 6.06. The fraction of sp³-hybridized carbons (Fsp3) is 0.438. The summed E-state index contributed by atoms with van der Waals surface area (Å²) in [6.45, 7) is 4.78. The van der Waals surface area contributed by atoms with Crippen LogP contribution >= 0.6 is 0 Å². The van der Waals surface area contributed by atoms with Crippen LogP contribution in [0.1, 0.15) is 26.3 Å². The van der Waals surface area contributed by atoms with Gasteiger partial charge in [0.25, 0.3) is 0 Å². The Bertz CT molecular complexity index is 572. The van der Waals surface area contributed by atoms with E-state index in [1.165, 1.54) is 31.2 Å². The number of rotatable bonds is 7. The summed E-state index contributed by atoms with van der Waals surface area (Å²) in [6.07, 6.45) is 0.0201. The molecule has 0 spiro atoms. The molecule has 126 valence electrons. The Kier molecular flexibility index (Phi) is 6.68. The Morgan fingerprint density at radius 3 is 2.13 bits per heavy atom. The second-order valence-corrected chi connectivity index (χ2v) is 5.65. The van der Waals surface area contributed by atoms with Crippen molar-refractivity contribution >= 4 is 17.8 Å². The first-order chi connectivity index (χ1) is 10.7. The molecule has 0 aliphatic carbocycles. The summed E-state index contributed by atoms with van der Waals surface area (Å²) >= 11 is 0. The van der Waals surface area contributed by atoms with Crippen molar-refractivity contribution in [3.63, 3.8) is 0 Å². The molecular formula is C16H21FN2O4. The molecule has 1 aromatic carbocycles. The lowest BCUT2D eigenvalue weighted by molar-refractivity contribution is -0.142. The van der Waals surface area contributed by atoms with Crippen molar-refractivity contribution in [2.75, 3.05) is 0 Å². The molecule has 1 aromatic rings. The van der Waals surface area contributed by atoms with E-state index in [1.54, 1.807) is 13.8 Å². The first-order valence-corrected chi connectivity index (χ1v) is 7.25. The molecule has 2 amide bonds. The molecular weight excluding hydrogens is 303 g/mol. The highest BCUT2D eigenvalue weighted by molar-refractivity contribution is 5.90. The predicted octanol–water partition coefficient (Wildman–Crippen LogP) is 1.10. The van der Waals surface area contributed by atoms with Gasteiger partial charge in [-0.2, -0.15) is 0 Å². The number of aliphatic carboxylic acids is 1. The van der Waals surface area contributed by atoms with E-state index in [0.717, 1.165) is 0 Å². The van der Waals surface area contributed by atoms with Crippen molar-refractivity contribution in [1.82, 2.24) is 10.6 Å². The van der Waals surface area contributed by atoms with Crippen molar-refractivity contribution in [2.45, 2.75) is 39.3 Å². The zero-order chi connectivity index (χ0) is 17.6. The van der Waals surface area contributed by atoms with E-state index in [9.17, 15) is 23.9 Å². The van der Waals surface area contributed by atoms with Gasteiger partial charge in [0.05, 0.1) is 0 Å². The van der Waals surface area contributed by atoms with Gasteiger partial charge in [0.1, 0.15) is 17.9 Å². The monoisotopic (exact) mass is 324 g/mol. The van der Waals surface area contributed by atoms with Gasteiger partial charge in [-0.05, 0) is 23.6 Å². The first kappa shape index (κ1) is 18.6. The van der Waals surface area contributed by atoms with E-state index in [1.807, 2.05) is 0 Å². The summed E-state index contributed by atoms with van der Waals surface area (Å²) in [5.74, 6) is -2.75. The molecule has 0 bridgehead atoms.